The Morgan fingerprint density at radius 2 is 1.73 bits per heavy atom. The summed E-state index contributed by atoms with van der Waals surface area (Å²) in [7, 11) is 0. The highest BCUT2D eigenvalue weighted by atomic mass is 15.4. The fourth-order valence-electron chi connectivity index (χ4n) is 0.702. The number of hydrazine groups is 1. The predicted molar refractivity (Wildman–Crippen MR) is 48.2 cm³/mol. The van der Waals surface area contributed by atoms with Crippen molar-refractivity contribution in [1.29, 1.82) is 0 Å². The first kappa shape index (κ1) is 10.8. The Hall–Kier alpha value is -0.160. The number of hydrogen-bond donors (Lipinski definition) is 4. The topological polar surface area (TPSA) is 62.1 Å². The van der Waals surface area contributed by atoms with Gasteiger partial charge in [0.25, 0.3) is 0 Å². The van der Waals surface area contributed by atoms with E-state index in [0.29, 0.717) is 6.54 Å². The van der Waals surface area contributed by atoms with Gasteiger partial charge in [-0.05, 0) is 13.0 Å². The van der Waals surface area contributed by atoms with Gasteiger partial charge in [0.05, 0.1) is 0 Å². The van der Waals surface area contributed by atoms with E-state index in [0.717, 1.165) is 26.2 Å². The van der Waals surface area contributed by atoms with Gasteiger partial charge in [-0.25, -0.2) is 0 Å². The SMILES string of the molecule is CCCNCCNNCCN. The minimum atomic E-state index is 0.676. The second-order valence-corrected chi connectivity index (χ2v) is 2.39. The molecule has 4 heteroatoms. The number of hydrogen-bond acceptors (Lipinski definition) is 4. The molecule has 0 atom stereocenters. The Morgan fingerprint density at radius 1 is 1.00 bits per heavy atom. The lowest BCUT2D eigenvalue weighted by Crippen LogP contribution is -2.39. The van der Waals surface area contributed by atoms with Crippen molar-refractivity contribution >= 4 is 0 Å². The predicted octanol–water partition coefficient (Wildman–Crippen LogP) is -0.961. The lowest BCUT2D eigenvalue weighted by atomic mass is 10.5. The first-order valence-electron chi connectivity index (χ1n) is 4.28. The van der Waals surface area contributed by atoms with E-state index in [1.165, 1.54) is 6.42 Å². The number of nitrogens with one attached hydrogen (secondary N) is 3. The fraction of sp³-hybridized carbons (Fsp3) is 1.00. The summed E-state index contributed by atoms with van der Waals surface area (Å²) < 4.78 is 0. The first-order chi connectivity index (χ1) is 5.41. The third kappa shape index (κ3) is 9.84. The maximum Gasteiger partial charge on any atom is 0.0225 e. The smallest absolute Gasteiger partial charge is 0.0225 e. The van der Waals surface area contributed by atoms with Crippen molar-refractivity contribution in [2.45, 2.75) is 13.3 Å². The van der Waals surface area contributed by atoms with Gasteiger partial charge in [0.2, 0.25) is 0 Å². The zero-order valence-corrected chi connectivity index (χ0v) is 7.32. The van der Waals surface area contributed by atoms with E-state index in [4.69, 9.17) is 5.73 Å². The molecule has 4 nitrogen and oxygen atoms in total. The van der Waals surface area contributed by atoms with E-state index in [9.17, 15) is 0 Å². The third-order valence-corrected chi connectivity index (χ3v) is 1.25. The second-order valence-electron chi connectivity index (χ2n) is 2.39. The van der Waals surface area contributed by atoms with Crippen LogP contribution in [0, 0.1) is 0 Å². The molecule has 0 aliphatic heterocycles. The monoisotopic (exact) mass is 160 g/mol. The van der Waals surface area contributed by atoms with E-state index in [1.807, 2.05) is 0 Å². The van der Waals surface area contributed by atoms with Crippen LogP contribution in [0.1, 0.15) is 13.3 Å². The molecule has 0 saturated heterocycles. The van der Waals surface area contributed by atoms with Crippen LogP contribution in [-0.2, 0) is 0 Å². The highest BCUT2D eigenvalue weighted by molar-refractivity contribution is 4.48. The minimum absolute atomic E-state index is 0.676. The molecule has 11 heavy (non-hydrogen) atoms. The van der Waals surface area contributed by atoms with Crippen LogP contribution in [-0.4, -0.2) is 32.7 Å². The third-order valence-electron chi connectivity index (χ3n) is 1.25. The van der Waals surface area contributed by atoms with Crippen LogP contribution >= 0.6 is 0 Å². The molecule has 0 radical (unpaired) electrons. The zero-order valence-electron chi connectivity index (χ0n) is 7.32. The molecule has 68 valence electrons. The van der Waals surface area contributed by atoms with Gasteiger partial charge in [-0.2, -0.15) is 0 Å². The normalized spacial score (nSPS) is 10.4. The van der Waals surface area contributed by atoms with Crippen LogP contribution in [0.25, 0.3) is 0 Å². The van der Waals surface area contributed by atoms with Gasteiger partial charge < -0.3 is 11.1 Å². The second kappa shape index (κ2) is 9.84. The van der Waals surface area contributed by atoms with Gasteiger partial charge >= 0.3 is 0 Å². The van der Waals surface area contributed by atoms with Crippen molar-refractivity contribution in [3.05, 3.63) is 0 Å². The molecular formula is C7H20N4. The average molecular weight is 160 g/mol. The fourth-order valence-corrected chi connectivity index (χ4v) is 0.702. The Bertz CT molecular complexity index is 59.5. The van der Waals surface area contributed by atoms with Crippen LogP contribution in [0.5, 0.6) is 0 Å². The quantitative estimate of drug-likeness (QED) is 0.273. The van der Waals surface area contributed by atoms with Crippen molar-refractivity contribution in [2.75, 3.05) is 32.7 Å². The number of rotatable bonds is 8. The van der Waals surface area contributed by atoms with Gasteiger partial charge in [-0.3, -0.25) is 10.9 Å². The van der Waals surface area contributed by atoms with Gasteiger partial charge in [0, 0.05) is 26.2 Å². The number of nitrogens with two attached hydrogens (primary N) is 1. The van der Waals surface area contributed by atoms with Crippen molar-refractivity contribution in [2.24, 2.45) is 5.73 Å². The molecule has 0 unspecified atom stereocenters. The van der Waals surface area contributed by atoms with Crippen LogP contribution in [0.15, 0.2) is 0 Å². The lowest BCUT2D eigenvalue weighted by molar-refractivity contribution is 0.519. The molecule has 0 aromatic heterocycles. The lowest BCUT2D eigenvalue weighted by Gasteiger charge is -2.05. The maximum atomic E-state index is 5.27. The summed E-state index contributed by atoms with van der Waals surface area (Å²) in [5.74, 6) is 0. The summed E-state index contributed by atoms with van der Waals surface area (Å²) in [6.45, 7) is 6.71. The molecule has 0 aliphatic rings. The van der Waals surface area contributed by atoms with Gasteiger partial charge in [0.1, 0.15) is 0 Å². The summed E-state index contributed by atoms with van der Waals surface area (Å²) >= 11 is 0. The molecule has 0 aliphatic carbocycles. The molecule has 0 aromatic carbocycles. The molecule has 5 N–H and O–H groups in total. The van der Waals surface area contributed by atoms with Crippen molar-refractivity contribution < 1.29 is 0 Å². The van der Waals surface area contributed by atoms with E-state index in [-0.39, 0.29) is 0 Å². The van der Waals surface area contributed by atoms with Crippen LogP contribution in [0.2, 0.25) is 0 Å². The highest BCUT2D eigenvalue weighted by Gasteiger charge is 1.84. The van der Waals surface area contributed by atoms with E-state index in [1.54, 1.807) is 0 Å². The Labute approximate surface area is 68.9 Å². The molecule has 0 fully saturated rings. The van der Waals surface area contributed by atoms with Gasteiger partial charge in [-0.15, -0.1) is 0 Å². The summed E-state index contributed by atoms with van der Waals surface area (Å²) in [6.07, 6.45) is 1.19. The molecule has 0 heterocycles. The Balaban J connectivity index is 2.69. The minimum Gasteiger partial charge on any atom is -0.329 e. The van der Waals surface area contributed by atoms with E-state index >= 15 is 0 Å². The molecule has 0 rings (SSSR count). The highest BCUT2D eigenvalue weighted by Crippen LogP contribution is 1.66. The zero-order chi connectivity index (χ0) is 8.36. The van der Waals surface area contributed by atoms with Crippen LogP contribution in [0.3, 0.4) is 0 Å². The summed E-state index contributed by atoms with van der Waals surface area (Å²) in [5.41, 5.74) is 11.3. The average Bonchev–Trinajstić information content (AvgIpc) is 2.03. The molecule has 0 saturated carbocycles. The van der Waals surface area contributed by atoms with Crippen LogP contribution in [0.4, 0.5) is 0 Å². The molecule has 0 bridgehead atoms. The molecule has 0 aromatic rings. The maximum absolute atomic E-state index is 5.27. The molecule has 0 spiro atoms. The summed E-state index contributed by atoms with van der Waals surface area (Å²) in [4.78, 5) is 0. The standard InChI is InChI=1S/C7H20N4/c1-2-4-9-6-7-11-10-5-3-8/h9-11H,2-8H2,1H3. The largest absolute Gasteiger partial charge is 0.329 e. The summed E-state index contributed by atoms with van der Waals surface area (Å²) in [6, 6.07) is 0. The molecular weight excluding hydrogens is 140 g/mol. The Morgan fingerprint density at radius 3 is 2.36 bits per heavy atom. The van der Waals surface area contributed by atoms with Crippen molar-refractivity contribution in [3.63, 3.8) is 0 Å². The van der Waals surface area contributed by atoms with E-state index in [2.05, 4.69) is 23.1 Å². The first-order valence-corrected chi connectivity index (χ1v) is 4.28. The van der Waals surface area contributed by atoms with Crippen molar-refractivity contribution in [3.8, 4) is 0 Å². The molecule has 0 amide bonds. The van der Waals surface area contributed by atoms with Crippen LogP contribution < -0.4 is 21.9 Å². The van der Waals surface area contributed by atoms with Gasteiger partial charge in [0.15, 0.2) is 0 Å². The van der Waals surface area contributed by atoms with Crippen molar-refractivity contribution in [1.82, 2.24) is 16.2 Å². The van der Waals surface area contributed by atoms with E-state index < -0.39 is 0 Å². The van der Waals surface area contributed by atoms with Gasteiger partial charge in [-0.1, -0.05) is 6.92 Å². The summed E-state index contributed by atoms with van der Waals surface area (Å²) in [5, 5.41) is 3.28. The Kier molecular flexibility index (Phi) is 9.70.